The van der Waals surface area contributed by atoms with Gasteiger partial charge in [0.25, 0.3) is 0 Å². The Bertz CT molecular complexity index is 418. The van der Waals surface area contributed by atoms with Gasteiger partial charge in [-0.3, -0.25) is 0 Å². The highest BCUT2D eigenvalue weighted by atomic mass is 35.5. The van der Waals surface area contributed by atoms with Gasteiger partial charge in [-0.25, -0.2) is 0 Å². The summed E-state index contributed by atoms with van der Waals surface area (Å²) in [6, 6.07) is 15.4. The summed E-state index contributed by atoms with van der Waals surface area (Å²) in [6.45, 7) is 0.361. The minimum absolute atomic E-state index is 0.361. The van der Waals surface area contributed by atoms with E-state index < -0.39 is 0 Å². The number of hydrogen-bond acceptors (Lipinski definition) is 1. The molecule has 2 aromatic rings. The summed E-state index contributed by atoms with van der Waals surface area (Å²) < 4.78 is 7.36. The Morgan fingerprint density at radius 3 is 2.31 bits per heavy atom. The van der Waals surface area contributed by atoms with Crippen LogP contribution in [0.1, 0.15) is 0 Å². The third-order valence-electron chi connectivity index (χ3n) is 2.10. The maximum Gasteiger partial charge on any atom is 0.187 e. The molecule has 1 aromatic heterocycles. The van der Waals surface area contributed by atoms with Gasteiger partial charge >= 0.3 is 0 Å². The first kappa shape index (κ1) is 10.8. The van der Waals surface area contributed by atoms with Crippen molar-refractivity contribution in [2.24, 2.45) is 0 Å². The van der Waals surface area contributed by atoms with Gasteiger partial charge in [-0.2, -0.15) is 0 Å². The molecule has 0 radical (unpaired) electrons. The predicted octanol–water partition coefficient (Wildman–Crippen LogP) is 2.63. The Hall–Kier alpha value is -1.67. The van der Waals surface area contributed by atoms with Crippen LogP contribution in [0.15, 0.2) is 60.9 Å². The minimum atomic E-state index is 0.361. The fraction of sp³-hybridized carbons (Fsp3) is 0.0769. The number of para-hydroxylation sites is 1. The molecule has 0 N–H and O–H groups in total. The maximum absolute atomic E-state index is 6.11. The molecule has 0 aliphatic rings. The highest BCUT2D eigenvalue weighted by molar-refractivity contribution is 6.25. The molecule has 0 aliphatic carbocycles. The molecule has 0 unspecified atom stereocenters. The summed E-state index contributed by atoms with van der Waals surface area (Å²) in [5, 5.41) is 0. The Kier molecular flexibility index (Phi) is 3.67. The third-order valence-corrected chi connectivity index (χ3v) is 2.40. The van der Waals surface area contributed by atoms with E-state index in [-0.39, 0.29) is 0 Å². The maximum atomic E-state index is 6.11. The van der Waals surface area contributed by atoms with Crippen LogP contribution in [0.4, 0.5) is 0 Å². The lowest BCUT2D eigenvalue weighted by atomic mass is 10.3. The summed E-state index contributed by atoms with van der Waals surface area (Å²) >= 11 is 6.11. The van der Waals surface area contributed by atoms with Crippen molar-refractivity contribution in [1.29, 1.82) is 0 Å². The fourth-order valence-corrected chi connectivity index (χ4v) is 1.46. The van der Waals surface area contributed by atoms with Crippen LogP contribution in [0, 0.1) is 5.50 Å². The molecule has 3 heteroatoms. The van der Waals surface area contributed by atoms with E-state index in [1.807, 2.05) is 65.5 Å². The zero-order valence-electron chi connectivity index (χ0n) is 8.71. The van der Waals surface area contributed by atoms with E-state index in [1.54, 1.807) is 0 Å². The summed E-state index contributed by atoms with van der Waals surface area (Å²) in [4.78, 5) is 0. The molecule has 2 nitrogen and oxygen atoms in total. The van der Waals surface area contributed by atoms with Crippen LogP contribution in [-0.2, 0) is 0 Å². The zero-order chi connectivity index (χ0) is 11.2. The number of nitrogens with zero attached hydrogens (tertiary/aromatic N) is 1. The summed E-state index contributed by atoms with van der Waals surface area (Å²) in [6.07, 6.45) is 3.77. The number of hydrogen-bond donors (Lipinski definition) is 0. The second kappa shape index (κ2) is 5.42. The summed E-state index contributed by atoms with van der Waals surface area (Å²) in [5.74, 6) is 0.817. The molecular formula is C13H12ClNO. The number of aromatic nitrogens is 1. The van der Waals surface area contributed by atoms with Crippen LogP contribution >= 0.6 is 11.6 Å². The SMILES string of the molecule is Cl[C-](COc1ccccc1)[n+]1ccccc1. The molecule has 1 aromatic carbocycles. The van der Waals surface area contributed by atoms with Crippen molar-refractivity contribution < 1.29 is 9.30 Å². The lowest BCUT2D eigenvalue weighted by Crippen LogP contribution is -2.39. The highest BCUT2D eigenvalue weighted by Gasteiger charge is 2.07. The van der Waals surface area contributed by atoms with Crippen molar-refractivity contribution in [2.75, 3.05) is 6.61 Å². The lowest BCUT2D eigenvalue weighted by Gasteiger charge is -2.12. The van der Waals surface area contributed by atoms with Crippen LogP contribution in [-0.4, -0.2) is 6.61 Å². The van der Waals surface area contributed by atoms with Crippen molar-refractivity contribution >= 4 is 11.6 Å². The fourth-order valence-electron chi connectivity index (χ4n) is 1.29. The van der Waals surface area contributed by atoms with Gasteiger partial charge in [0.15, 0.2) is 5.50 Å². The van der Waals surface area contributed by atoms with E-state index in [0.29, 0.717) is 12.1 Å². The molecule has 0 spiro atoms. The van der Waals surface area contributed by atoms with Gasteiger partial charge in [-0.1, -0.05) is 48.0 Å². The molecule has 0 saturated carbocycles. The van der Waals surface area contributed by atoms with E-state index in [9.17, 15) is 0 Å². The molecule has 2 rings (SSSR count). The smallest absolute Gasteiger partial charge is 0.187 e. The number of halogens is 1. The molecule has 0 fully saturated rings. The molecule has 0 amide bonds. The Labute approximate surface area is 100 Å². The van der Waals surface area contributed by atoms with E-state index in [1.165, 1.54) is 0 Å². The van der Waals surface area contributed by atoms with Crippen LogP contribution in [0.2, 0.25) is 0 Å². The molecule has 82 valence electrons. The van der Waals surface area contributed by atoms with Gasteiger partial charge in [0.1, 0.15) is 12.4 Å². The van der Waals surface area contributed by atoms with Crippen molar-refractivity contribution in [3.63, 3.8) is 0 Å². The molecule has 0 saturated heterocycles. The van der Waals surface area contributed by atoms with E-state index in [4.69, 9.17) is 16.3 Å². The van der Waals surface area contributed by atoms with Gasteiger partial charge < -0.3 is 9.30 Å². The van der Waals surface area contributed by atoms with E-state index in [0.717, 1.165) is 5.75 Å². The average molecular weight is 234 g/mol. The van der Waals surface area contributed by atoms with Crippen molar-refractivity contribution in [3.8, 4) is 5.75 Å². The Morgan fingerprint density at radius 2 is 1.62 bits per heavy atom. The van der Waals surface area contributed by atoms with E-state index in [2.05, 4.69) is 0 Å². The average Bonchev–Trinajstić information content (AvgIpc) is 2.38. The van der Waals surface area contributed by atoms with Crippen LogP contribution < -0.4 is 9.30 Å². The highest BCUT2D eigenvalue weighted by Crippen LogP contribution is 2.11. The van der Waals surface area contributed by atoms with Gasteiger partial charge in [0, 0.05) is 0 Å². The van der Waals surface area contributed by atoms with E-state index >= 15 is 0 Å². The first-order valence-electron chi connectivity index (χ1n) is 5.02. The number of rotatable bonds is 4. The molecular weight excluding hydrogens is 222 g/mol. The van der Waals surface area contributed by atoms with Crippen molar-refractivity contribution in [1.82, 2.24) is 0 Å². The quantitative estimate of drug-likeness (QED) is 0.585. The Balaban J connectivity index is 1.92. The second-order valence-electron chi connectivity index (χ2n) is 3.26. The predicted molar refractivity (Wildman–Crippen MR) is 63.1 cm³/mol. The number of benzene rings is 1. The molecule has 0 bridgehead atoms. The Morgan fingerprint density at radius 1 is 1.00 bits per heavy atom. The van der Waals surface area contributed by atoms with Crippen LogP contribution in [0.25, 0.3) is 0 Å². The number of pyridine rings is 1. The molecule has 1 heterocycles. The van der Waals surface area contributed by atoms with Gasteiger partial charge in [0.05, 0.1) is 12.4 Å². The normalized spacial score (nSPS) is 9.81. The van der Waals surface area contributed by atoms with Gasteiger partial charge in [-0.15, -0.1) is 0 Å². The van der Waals surface area contributed by atoms with Gasteiger partial charge in [-0.05, 0) is 12.1 Å². The monoisotopic (exact) mass is 233 g/mol. The topological polar surface area (TPSA) is 13.1 Å². The standard InChI is InChI=1S/C13H12ClNO/c14-13(15-9-5-2-6-10-15)11-16-12-7-3-1-4-8-12/h1-10H,11H2. The van der Waals surface area contributed by atoms with Gasteiger partial charge in [0.2, 0.25) is 0 Å². The third kappa shape index (κ3) is 2.91. The summed E-state index contributed by atoms with van der Waals surface area (Å²) in [5.41, 5.74) is 0.629. The lowest BCUT2D eigenvalue weighted by molar-refractivity contribution is -0.645. The minimum Gasteiger partial charge on any atom is -0.494 e. The van der Waals surface area contributed by atoms with Crippen molar-refractivity contribution in [3.05, 3.63) is 66.4 Å². The first-order chi connectivity index (χ1) is 7.86. The first-order valence-corrected chi connectivity index (χ1v) is 5.40. The van der Waals surface area contributed by atoms with Crippen LogP contribution in [0.5, 0.6) is 5.75 Å². The molecule has 0 aliphatic heterocycles. The second-order valence-corrected chi connectivity index (χ2v) is 3.70. The number of ether oxygens (including phenoxy) is 1. The summed E-state index contributed by atoms with van der Waals surface area (Å²) in [7, 11) is 0. The van der Waals surface area contributed by atoms with Crippen LogP contribution in [0.3, 0.4) is 0 Å². The van der Waals surface area contributed by atoms with Crippen molar-refractivity contribution in [2.45, 2.75) is 0 Å². The largest absolute Gasteiger partial charge is 0.494 e. The molecule has 0 atom stereocenters. The molecule has 16 heavy (non-hydrogen) atoms. The zero-order valence-corrected chi connectivity index (χ0v) is 9.47.